The van der Waals surface area contributed by atoms with Crippen LogP contribution in [0.25, 0.3) is 23.0 Å². The Hall–Kier alpha value is -4.00. The molecule has 1 saturated heterocycles. The van der Waals surface area contributed by atoms with Gasteiger partial charge in [-0.15, -0.1) is 6.58 Å². The third kappa shape index (κ3) is 5.93. The molecule has 4 rings (SSSR count). The van der Waals surface area contributed by atoms with Crippen molar-refractivity contribution < 1.29 is 13.2 Å². The van der Waals surface area contributed by atoms with Crippen molar-refractivity contribution >= 4 is 22.0 Å². The molecule has 0 bridgehead atoms. The van der Waals surface area contributed by atoms with Gasteiger partial charge in [-0.2, -0.15) is 14.7 Å². The Labute approximate surface area is 224 Å². The number of nitriles is 1. The second kappa shape index (κ2) is 11.6. The van der Waals surface area contributed by atoms with Crippen LogP contribution in [0.3, 0.4) is 0 Å². The smallest absolute Gasteiger partial charge is 0.262 e. The van der Waals surface area contributed by atoms with Crippen molar-refractivity contribution in [1.82, 2.24) is 19.4 Å². The van der Waals surface area contributed by atoms with Crippen molar-refractivity contribution in [3.05, 3.63) is 84.6 Å². The Kier molecular flexibility index (Phi) is 8.25. The molecule has 1 fully saturated rings. The molecule has 0 radical (unpaired) electrons. The first-order valence-electron chi connectivity index (χ1n) is 12.5. The Bertz CT molecular complexity index is 1490. The van der Waals surface area contributed by atoms with Gasteiger partial charge in [0.25, 0.3) is 5.91 Å². The predicted octanol–water partition coefficient (Wildman–Crippen LogP) is 4.42. The SMILES string of the molecule is C=CCNC(=O)/C(C#N)=C\c1cn(-c2ccccc2)nc1-c1cccc(S(=O)(=O)N2CC(C)CC(C)C2)c1. The van der Waals surface area contributed by atoms with Gasteiger partial charge in [-0.05, 0) is 48.6 Å². The van der Waals surface area contributed by atoms with E-state index in [4.69, 9.17) is 5.10 Å². The lowest BCUT2D eigenvalue weighted by Crippen LogP contribution is -2.42. The molecule has 0 aliphatic carbocycles. The zero-order chi connectivity index (χ0) is 27.3. The number of aromatic nitrogens is 2. The number of nitrogens with zero attached hydrogens (tertiary/aromatic N) is 4. The lowest BCUT2D eigenvalue weighted by Gasteiger charge is -2.34. The molecule has 3 aromatic rings. The van der Waals surface area contributed by atoms with Crippen LogP contribution in [0.5, 0.6) is 0 Å². The maximum Gasteiger partial charge on any atom is 0.262 e. The zero-order valence-corrected chi connectivity index (χ0v) is 22.4. The molecule has 1 N–H and O–H groups in total. The lowest BCUT2D eigenvalue weighted by molar-refractivity contribution is -0.116. The average molecular weight is 530 g/mol. The second-order valence-corrected chi connectivity index (χ2v) is 11.6. The van der Waals surface area contributed by atoms with Gasteiger partial charge in [-0.25, -0.2) is 13.1 Å². The first-order valence-corrected chi connectivity index (χ1v) is 13.9. The van der Waals surface area contributed by atoms with Crippen molar-refractivity contribution in [3.8, 4) is 23.0 Å². The summed E-state index contributed by atoms with van der Waals surface area (Å²) in [5.41, 5.74) is 2.21. The fraction of sp³-hybridized carbons (Fsp3) is 0.276. The Balaban J connectivity index is 1.80. The predicted molar refractivity (Wildman–Crippen MR) is 148 cm³/mol. The number of sulfonamides is 1. The van der Waals surface area contributed by atoms with E-state index in [-0.39, 0.29) is 28.8 Å². The number of carbonyl (C=O) groups excluding carboxylic acids is 1. The molecule has 2 unspecified atom stereocenters. The third-order valence-corrected chi connectivity index (χ3v) is 8.24. The van der Waals surface area contributed by atoms with E-state index in [1.807, 2.05) is 36.4 Å². The van der Waals surface area contributed by atoms with Gasteiger partial charge in [0.2, 0.25) is 10.0 Å². The zero-order valence-electron chi connectivity index (χ0n) is 21.5. The number of piperidine rings is 1. The second-order valence-electron chi connectivity index (χ2n) is 9.68. The Morgan fingerprint density at radius 3 is 2.53 bits per heavy atom. The lowest BCUT2D eigenvalue weighted by atomic mass is 9.94. The summed E-state index contributed by atoms with van der Waals surface area (Å²) in [5, 5.41) is 17.0. The van der Waals surface area contributed by atoms with Gasteiger partial charge in [0.1, 0.15) is 17.3 Å². The molecule has 0 spiro atoms. The Morgan fingerprint density at radius 2 is 1.87 bits per heavy atom. The van der Waals surface area contributed by atoms with Gasteiger partial charge in [0, 0.05) is 37.0 Å². The molecular formula is C29H31N5O3S. The van der Waals surface area contributed by atoms with E-state index < -0.39 is 15.9 Å². The molecule has 2 aromatic carbocycles. The highest BCUT2D eigenvalue weighted by Crippen LogP contribution is 2.31. The number of hydrogen-bond acceptors (Lipinski definition) is 5. The van der Waals surface area contributed by atoms with Crippen molar-refractivity contribution in [2.24, 2.45) is 11.8 Å². The van der Waals surface area contributed by atoms with E-state index in [1.54, 1.807) is 39.4 Å². The fourth-order valence-electron chi connectivity index (χ4n) is 4.75. The van der Waals surface area contributed by atoms with Gasteiger partial charge < -0.3 is 5.32 Å². The molecular weight excluding hydrogens is 498 g/mol. The normalized spacial score (nSPS) is 18.5. The summed E-state index contributed by atoms with van der Waals surface area (Å²) in [7, 11) is -3.71. The maximum atomic E-state index is 13.6. The first-order chi connectivity index (χ1) is 18.2. The van der Waals surface area contributed by atoms with E-state index in [0.717, 1.165) is 12.1 Å². The molecule has 38 heavy (non-hydrogen) atoms. The molecule has 1 amide bonds. The summed E-state index contributed by atoms with van der Waals surface area (Å²) in [6.07, 6.45) is 5.72. The van der Waals surface area contributed by atoms with Gasteiger partial charge in [0.15, 0.2) is 0 Å². The summed E-state index contributed by atoms with van der Waals surface area (Å²) in [6.45, 7) is 8.91. The van der Waals surface area contributed by atoms with Crippen LogP contribution in [0.4, 0.5) is 0 Å². The molecule has 2 heterocycles. The monoisotopic (exact) mass is 529 g/mol. The minimum Gasteiger partial charge on any atom is -0.348 e. The Morgan fingerprint density at radius 1 is 1.16 bits per heavy atom. The summed E-state index contributed by atoms with van der Waals surface area (Å²) in [6, 6.07) is 18.0. The summed E-state index contributed by atoms with van der Waals surface area (Å²) >= 11 is 0. The van der Waals surface area contributed by atoms with Crippen molar-refractivity contribution in [3.63, 3.8) is 0 Å². The number of para-hydroxylation sites is 1. The van der Waals surface area contributed by atoms with Gasteiger partial charge in [-0.1, -0.05) is 50.3 Å². The van der Waals surface area contributed by atoms with Crippen LogP contribution in [-0.4, -0.2) is 48.0 Å². The van der Waals surface area contributed by atoms with E-state index in [0.29, 0.717) is 29.9 Å². The van der Waals surface area contributed by atoms with Gasteiger partial charge in [0.05, 0.1) is 10.6 Å². The van der Waals surface area contributed by atoms with Crippen LogP contribution in [0.1, 0.15) is 25.8 Å². The number of benzene rings is 2. The average Bonchev–Trinajstić information content (AvgIpc) is 3.34. The highest BCUT2D eigenvalue weighted by atomic mass is 32.2. The molecule has 8 nitrogen and oxygen atoms in total. The van der Waals surface area contributed by atoms with Crippen LogP contribution in [0.15, 0.2) is 83.9 Å². The van der Waals surface area contributed by atoms with Crippen LogP contribution < -0.4 is 5.32 Å². The first kappa shape index (κ1) is 27.0. The van der Waals surface area contributed by atoms with E-state index >= 15 is 0 Å². The summed E-state index contributed by atoms with van der Waals surface area (Å²) < 4.78 is 30.4. The largest absolute Gasteiger partial charge is 0.348 e. The number of rotatable bonds is 8. The molecule has 1 aromatic heterocycles. The quantitative estimate of drug-likeness (QED) is 0.264. The number of nitrogens with one attached hydrogen (secondary N) is 1. The van der Waals surface area contributed by atoms with Crippen molar-refractivity contribution in [1.29, 1.82) is 5.26 Å². The summed E-state index contributed by atoms with van der Waals surface area (Å²) in [4.78, 5) is 12.7. The van der Waals surface area contributed by atoms with Gasteiger partial charge >= 0.3 is 0 Å². The molecule has 9 heteroatoms. The minimum atomic E-state index is -3.71. The van der Waals surface area contributed by atoms with Crippen molar-refractivity contribution in [2.45, 2.75) is 25.2 Å². The molecule has 2 atom stereocenters. The van der Waals surface area contributed by atoms with E-state index in [9.17, 15) is 18.5 Å². The highest BCUT2D eigenvalue weighted by molar-refractivity contribution is 7.89. The van der Waals surface area contributed by atoms with Gasteiger partial charge in [-0.3, -0.25) is 4.79 Å². The molecule has 1 aliphatic rings. The van der Waals surface area contributed by atoms with Crippen LogP contribution in [0.2, 0.25) is 0 Å². The maximum absolute atomic E-state index is 13.6. The number of amides is 1. The van der Waals surface area contributed by atoms with Crippen molar-refractivity contribution in [2.75, 3.05) is 19.6 Å². The van der Waals surface area contributed by atoms with Crippen LogP contribution in [0, 0.1) is 23.2 Å². The third-order valence-electron chi connectivity index (χ3n) is 6.42. The minimum absolute atomic E-state index is 0.0965. The molecule has 196 valence electrons. The summed E-state index contributed by atoms with van der Waals surface area (Å²) in [5.74, 6) is 0.0359. The fourth-order valence-corrected chi connectivity index (χ4v) is 6.48. The van der Waals surface area contributed by atoms with E-state index in [1.165, 1.54) is 12.2 Å². The van der Waals surface area contributed by atoms with E-state index in [2.05, 4.69) is 25.7 Å². The van der Waals surface area contributed by atoms with Crippen LogP contribution >= 0.6 is 0 Å². The van der Waals surface area contributed by atoms with Crippen LogP contribution in [-0.2, 0) is 14.8 Å². The number of carbonyl (C=O) groups is 1. The number of hydrogen-bond donors (Lipinski definition) is 1. The molecule has 0 saturated carbocycles. The highest BCUT2D eigenvalue weighted by Gasteiger charge is 2.32. The molecule has 1 aliphatic heterocycles. The topological polar surface area (TPSA) is 108 Å². The standard InChI is InChI=1S/C29H31N5O3S/c1-4-13-31-29(35)24(17-30)15-25-20-34(26-10-6-5-7-11-26)32-28(25)23-9-8-12-27(16-23)38(36,37)33-18-21(2)14-22(3)19-33/h4-12,15-16,20-22H,1,13-14,18-19H2,2-3H3,(H,31,35)/b24-15-.